The second-order valence-corrected chi connectivity index (χ2v) is 12.9. The number of carbonyl (C=O) groups is 4. The van der Waals surface area contributed by atoms with Crippen LogP contribution in [0.2, 0.25) is 0 Å². The lowest BCUT2D eigenvalue weighted by atomic mass is 9.70. The fraction of sp³-hybridized carbons (Fsp3) is 0.562. The lowest BCUT2D eigenvalue weighted by Crippen LogP contribution is -2.58. The number of amides is 3. The molecule has 1 aromatic carbocycles. The Hall–Kier alpha value is -3.02. The van der Waals surface area contributed by atoms with E-state index in [9.17, 15) is 24.3 Å². The Balaban J connectivity index is 1.67. The predicted octanol–water partition coefficient (Wildman–Crippen LogP) is 2.91. The molecule has 10 nitrogen and oxygen atoms in total. The van der Waals surface area contributed by atoms with Crippen molar-refractivity contribution in [3.8, 4) is 0 Å². The molecule has 8 atom stereocenters. The highest BCUT2D eigenvalue weighted by Gasteiger charge is 2.77. The molecule has 1 unspecified atom stereocenters. The number of nitrogens with one attached hydrogen (secondary N) is 1. The summed E-state index contributed by atoms with van der Waals surface area (Å²) < 4.78 is 12.7. The number of esters is 1. The number of β-amino-alcohol motifs (C(OH)–C–C–N with tert-alkyl or cyclic N) is 1. The molecule has 3 fully saturated rings. The van der Waals surface area contributed by atoms with E-state index in [0.29, 0.717) is 18.4 Å². The Morgan fingerprint density at radius 2 is 1.93 bits per heavy atom. The maximum atomic E-state index is 14.1. The maximum absolute atomic E-state index is 14.1. The highest BCUT2D eigenvalue weighted by molar-refractivity contribution is 9.09. The molecule has 1 spiro atoms. The average molecular weight is 661 g/mol. The molecular weight excluding hydrogens is 618 g/mol. The third-order valence-corrected chi connectivity index (χ3v) is 9.50. The average Bonchev–Trinajstić information content (AvgIpc) is 3.56. The van der Waals surface area contributed by atoms with Gasteiger partial charge in [-0.3, -0.25) is 19.2 Å². The van der Waals surface area contributed by atoms with E-state index in [0.717, 1.165) is 0 Å². The summed E-state index contributed by atoms with van der Waals surface area (Å²) in [5, 5.41) is 12.8. The first-order valence-corrected chi connectivity index (χ1v) is 15.7. The number of aliphatic hydroxyl groups excluding tert-OH is 1. The monoisotopic (exact) mass is 659 g/mol. The lowest BCUT2D eigenvalue weighted by molar-refractivity contribution is -0.162. The number of likely N-dealkylation sites (tertiary alicyclic amines) is 1. The van der Waals surface area contributed by atoms with Crippen LogP contribution in [0.15, 0.2) is 55.6 Å². The van der Waals surface area contributed by atoms with Crippen LogP contribution in [0.3, 0.4) is 0 Å². The first kappa shape index (κ1) is 32.9. The molecule has 2 N–H and O–H groups in total. The minimum Gasteiger partial charge on any atom is -0.455 e. The van der Waals surface area contributed by atoms with Gasteiger partial charge in [0.2, 0.25) is 17.7 Å². The molecule has 3 amide bonds. The van der Waals surface area contributed by atoms with Gasteiger partial charge in [-0.15, -0.1) is 13.2 Å². The summed E-state index contributed by atoms with van der Waals surface area (Å²) in [5.74, 6) is -3.53. The largest absolute Gasteiger partial charge is 0.455 e. The number of rotatable bonds is 14. The van der Waals surface area contributed by atoms with Crippen LogP contribution in [0.4, 0.5) is 0 Å². The Bertz CT molecular complexity index is 1230. The molecule has 3 saturated heterocycles. The van der Waals surface area contributed by atoms with E-state index >= 15 is 0 Å². The van der Waals surface area contributed by atoms with E-state index in [1.54, 1.807) is 24.0 Å². The van der Waals surface area contributed by atoms with Crippen molar-refractivity contribution in [1.82, 2.24) is 15.1 Å². The summed E-state index contributed by atoms with van der Waals surface area (Å²) in [6.07, 6.45) is 2.86. The molecule has 0 saturated carbocycles. The number of hydrogen-bond donors (Lipinski definition) is 2. The molecule has 1 aromatic rings. The van der Waals surface area contributed by atoms with Crippen LogP contribution in [-0.4, -0.2) is 93.0 Å². The van der Waals surface area contributed by atoms with E-state index < -0.39 is 53.6 Å². The molecule has 43 heavy (non-hydrogen) atoms. The molecule has 2 bridgehead atoms. The van der Waals surface area contributed by atoms with E-state index in [1.165, 1.54) is 4.90 Å². The van der Waals surface area contributed by atoms with Gasteiger partial charge in [-0.05, 0) is 39.2 Å². The topological polar surface area (TPSA) is 125 Å². The van der Waals surface area contributed by atoms with Crippen molar-refractivity contribution < 1.29 is 33.8 Å². The van der Waals surface area contributed by atoms with Crippen molar-refractivity contribution in [2.45, 2.75) is 80.8 Å². The van der Waals surface area contributed by atoms with Gasteiger partial charge in [0, 0.05) is 30.4 Å². The summed E-state index contributed by atoms with van der Waals surface area (Å²) in [4.78, 5) is 57.5. The zero-order valence-corrected chi connectivity index (χ0v) is 26.6. The Morgan fingerprint density at radius 1 is 1.23 bits per heavy atom. The quantitative estimate of drug-likeness (QED) is 0.179. The first-order valence-electron chi connectivity index (χ1n) is 14.8. The van der Waals surface area contributed by atoms with Gasteiger partial charge >= 0.3 is 5.97 Å². The maximum Gasteiger partial charge on any atom is 0.313 e. The third-order valence-electron chi connectivity index (χ3n) is 8.66. The molecule has 11 heteroatoms. The number of hydrogen-bond acceptors (Lipinski definition) is 7. The minimum absolute atomic E-state index is 0.0727. The van der Waals surface area contributed by atoms with Crippen LogP contribution >= 0.6 is 15.9 Å². The van der Waals surface area contributed by atoms with Crippen molar-refractivity contribution in [1.29, 1.82) is 0 Å². The molecule has 234 valence electrons. The predicted molar refractivity (Wildman–Crippen MR) is 164 cm³/mol. The zero-order chi connectivity index (χ0) is 31.5. The fourth-order valence-electron chi connectivity index (χ4n) is 6.82. The molecule has 3 heterocycles. The number of carbonyl (C=O) groups excluding carboxylic acids is 4. The van der Waals surface area contributed by atoms with E-state index in [4.69, 9.17) is 9.47 Å². The molecular formula is C32H42BrN3O7. The smallest absolute Gasteiger partial charge is 0.313 e. The Labute approximate surface area is 261 Å². The van der Waals surface area contributed by atoms with Crippen LogP contribution < -0.4 is 5.32 Å². The van der Waals surface area contributed by atoms with Crippen molar-refractivity contribution in [3.63, 3.8) is 0 Å². The molecule has 0 radical (unpaired) electrons. The summed E-state index contributed by atoms with van der Waals surface area (Å²) in [5.41, 5.74) is -0.585. The molecule has 3 aliphatic heterocycles. The van der Waals surface area contributed by atoms with Gasteiger partial charge in [0.25, 0.3) is 0 Å². The number of ether oxygens (including phenoxy) is 2. The number of alkyl halides is 1. The summed E-state index contributed by atoms with van der Waals surface area (Å²) in [7, 11) is 0. The number of benzene rings is 1. The van der Waals surface area contributed by atoms with Crippen LogP contribution in [0.5, 0.6) is 0 Å². The molecule has 0 aliphatic carbocycles. The first-order chi connectivity index (χ1) is 20.5. The number of allylic oxidation sites excluding steroid dienone is 1. The molecule has 0 aromatic heterocycles. The van der Waals surface area contributed by atoms with Crippen LogP contribution in [0, 0.1) is 11.8 Å². The Morgan fingerprint density at radius 3 is 2.53 bits per heavy atom. The zero-order valence-electron chi connectivity index (χ0n) is 25.0. The lowest BCUT2D eigenvalue weighted by Gasteiger charge is -2.38. The summed E-state index contributed by atoms with van der Waals surface area (Å²) >= 11 is 3.67. The SMILES string of the molecule is C=CCCC(=O)N[C@H](C)[C@@H](OC(=O)[C@@H]1[C@H]2O[C@@]3(CC2Br)[C@H](C(=O)N(CC=C)C(C)C)N(CCO)C(=O)[C@@H]13)c1ccccc1. The van der Waals surface area contributed by atoms with Crippen molar-refractivity contribution in [2.75, 3.05) is 19.7 Å². The Kier molecular flexibility index (Phi) is 10.5. The van der Waals surface area contributed by atoms with Crippen molar-refractivity contribution in [2.24, 2.45) is 11.8 Å². The van der Waals surface area contributed by atoms with E-state index in [-0.39, 0.29) is 48.8 Å². The van der Waals surface area contributed by atoms with Gasteiger partial charge in [0.1, 0.15) is 17.7 Å². The summed E-state index contributed by atoms with van der Waals surface area (Å²) in [6, 6.07) is 7.34. The number of aliphatic hydroxyl groups is 1. The van der Waals surface area contributed by atoms with Crippen molar-refractivity contribution in [3.05, 3.63) is 61.2 Å². The van der Waals surface area contributed by atoms with Gasteiger partial charge in [0.15, 0.2) is 0 Å². The van der Waals surface area contributed by atoms with Gasteiger partial charge in [-0.2, -0.15) is 0 Å². The van der Waals surface area contributed by atoms with Gasteiger partial charge in [-0.1, -0.05) is 58.4 Å². The highest BCUT2D eigenvalue weighted by Crippen LogP contribution is 2.60. The van der Waals surface area contributed by atoms with Crippen LogP contribution in [-0.2, 0) is 28.7 Å². The number of nitrogens with zero attached hydrogens (tertiary/aromatic N) is 2. The normalized spacial score (nSPS) is 28.7. The van der Waals surface area contributed by atoms with Gasteiger partial charge in [0.05, 0.1) is 30.6 Å². The third kappa shape index (κ3) is 6.17. The number of halogens is 1. The standard InChI is InChI=1S/C32H42BrN3O7/c1-6-8-14-23(38)34-20(5)26(21-12-10-9-11-13-21)42-31(41)24-25-29(39)36(16-17-37)28(30(40)35(15-7-2)19(3)4)32(25)18-22(33)27(24)43-32/h6-7,9-13,19-20,22,24-28,37H,1-2,8,14-18H2,3-5H3,(H,34,38)/t20-,22?,24+,25-,26-,27+,28+,32-/m1/s1. The second-order valence-electron chi connectivity index (χ2n) is 11.7. The highest BCUT2D eigenvalue weighted by atomic mass is 79.9. The number of fused-ring (bicyclic) bond motifs is 1. The van der Waals surface area contributed by atoms with Crippen LogP contribution in [0.25, 0.3) is 0 Å². The molecule has 4 rings (SSSR count). The molecule has 3 aliphatic rings. The van der Waals surface area contributed by atoms with Crippen molar-refractivity contribution >= 4 is 39.6 Å². The van der Waals surface area contributed by atoms with E-state index in [2.05, 4.69) is 34.4 Å². The van der Waals surface area contributed by atoms with Crippen LogP contribution in [0.1, 0.15) is 51.7 Å². The van der Waals surface area contributed by atoms with Gasteiger partial charge in [-0.25, -0.2) is 0 Å². The summed E-state index contributed by atoms with van der Waals surface area (Å²) in [6.45, 7) is 12.8. The fourth-order valence-corrected chi connectivity index (χ4v) is 7.76. The van der Waals surface area contributed by atoms with E-state index in [1.807, 2.05) is 44.2 Å². The minimum atomic E-state index is -1.27. The van der Waals surface area contributed by atoms with Gasteiger partial charge < -0.3 is 29.7 Å². The second kappa shape index (κ2) is 13.7.